The van der Waals surface area contributed by atoms with Gasteiger partial charge in [-0.1, -0.05) is 20.8 Å². The maximum Gasteiger partial charge on any atom is 0.103 e. The van der Waals surface area contributed by atoms with Crippen molar-refractivity contribution in [1.29, 1.82) is 0 Å². The van der Waals surface area contributed by atoms with Crippen LogP contribution in [-0.2, 0) is 0 Å². The zero-order chi connectivity index (χ0) is 10.7. The number of rotatable bonds is 4. The number of nitrogens with zero attached hydrogens (tertiary/aromatic N) is 2. The third kappa shape index (κ3) is 2.23. The van der Waals surface area contributed by atoms with Crippen molar-refractivity contribution in [2.75, 3.05) is 6.54 Å². The molecule has 0 aromatic heterocycles. The molecule has 2 nitrogen and oxygen atoms in total. The van der Waals surface area contributed by atoms with Gasteiger partial charge in [-0.2, -0.15) is 0 Å². The molecule has 1 rings (SSSR count). The molecule has 1 aliphatic heterocycles. The summed E-state index contributed by atoms with van der Waals surface area (Å²) in [7, 11) is 0. The lowest BCUT2D eigenvalue weighted by atomic mass is 10.1. The van der Waals surface area contributed by atoms with Gasteiger partial charge in [0.1, 0.15) is 6.17 Å². The Morgan fingerprint density at radius 3 is 2.21 bits per heavy atom. The Bertz CT molecular complexity index is 196. The fourth-order valence-corrected chi connectivity index (χ4v) is 2.18. The van der Waals surface area contributed by atoms with E-state index in [2.05, 4.69) is 56.8 Å². The van der Waals surface area contributed by atoms with Gasteiger partial charge in [-0.05, 0) is 26.2 Å². The second-order valence-electron chi connectivity index (χ2n) is 4.73. The first kappa shape index (κ1) is 11.4. The topological polar surface area (TPSA) is 6.48 Å². The molecule has 0 radical (unpaired) electrons. The molecule has 0 aliphatic carbocycles. The Kier molecular flexibility index (Phi) is 3.85. The van der Waals surface area contributed by atoms with Gasteiger partial charge >= 0.3 is 0 Å². The summed E-state index contributed by atoms with van der Waals surface area (Å²) in [6, 6.07) is 0.598. The van der Waals surface area contributed by atoms with Crippen molar-refractivity contribution < 1.29 is 0 Å². The maximum absolute atomic E-state index is 2.46. The summed E-state index contributed by atoms with van der Waals surface area (Å²) in [5.74, 6) is 0.680. The van der Waals surface area contributed by atoms with Crippen LogP contribution in [0.4, 0.5) is 0 Å². The van der Waals surface area contributed by atoms with Crippen molar-refractivity contribution in [1.82, 2.24) is 9.80 Å². The maximum atomic E-state index is 2.46. The van der Waals surface area contributed by atoms with E-state index >= 15 is 0 Å². The molecule has 1 atom stereocenters. The quantitative estimate of drug-likeness (QED) is 0.682. The minimum absolute atomic E-state index is 0.565. The van der Waals surface area contributed by atoms with Crippen LogP contribution in [0.1, 0.15) is 41.0 Å². The van der Waals surface area contributed by atoms with Crippen LogP contribution in [0.25, 0.3) is 0 Å². The highest BCUT2D eigenvalue weighted by Crippen LogP contribution is 2.24. The SMILES string of the molecule is CCCN1C=CN(C(C)C)C1C(C)C. The molecular formula is C12H24N2. The van der Waals surface area contributed by atoms with Crippen molar-refractivity contribution in [2.45, 2.75) is 53.2 Å². The molecule has 2 heteroatoms. The molecule has 0 aromatic carbocycles. The average Bonchev–Trinajstić information content (AvgIpc) is 2.48. The van der Waals surface area contributed by atoms with Gasteiger partial charge in [0.05, 0.1) is 0 Å². The third-order valence-electron chi connectivity index (χ3n) is 2.75. The highest BCUT2D eigenvalue weighted by molar-refractivity contribution is 4.99. The lowest BCUT2D eigenvalue weighted by Crippen LogP contribution is -2.45. The molecule has 14 heavy (non-hydrogen) atoms. The van der Waals surface area contributed by atoms with Crippen LogP contribution in [0.3, 0.4) is 0 Å². The first-order valence-electron chi connectivity index (χ1n) is 5.79. The van der Waals surface area contributed by atoms with E-state index in [0.29, 0.717) is 18.1 Å². The fourth-order valence-electron chi connectivity index (χ4n) is 2.18. The predicted molar refractivity (Wildman–Crippen MR) is 61.7 cm³/mol. The minimum atomic E-state index is 0.565. The lowest BCUT2D eigenvalue weighted by molar-refractivity contribution is 0.0856. The van der Waals surface area contributed by atoms with Crippen LogP contribution in [-0.4, -0.2) is 28.6 Å². The summed E-state index contributed by atoms with van der Waals surface area (Å²) in [6.45, 7) is 12.5. The second kappa shape index (κ2) is 4.72. The summed E-state index contributed by atoms with van der Waals surface area (Å²) >= 11 is 0. The van der Waals surface area contributed by atoms with E-state index in [1.807, 2.05) is 0 Å². The first-order chi connectivity index (χ1) is 6.57. The molecule has 0 N–H and O–H groups in total. The summed E-state index contributed by atoms with van der Waals surface area (Å²) in [6.07, 6.45) is 6.27. The van der Waals surface area contributed by atoms with E-state index < -0.39 is 0 Å². The summed E-state index contributed by atoms with van der Waals surface area (Å²) in [4.78, 5) is 4.92. The Balaban J connectivity index is 2.69. The van der Waals surface area contributed by atoms with Crippen molar-refractivity contribution in [3.8, 4) is 0 Å². The Morgan fingerprint density at radius 2 is 1.79 bits per heavy atom. The molecule has 0 amide bonds. The molecule has 0 spiro atoms. The van der Waals surface area contributed by atoms with E-state index in [-0.39, 0.29) is 0 Å². The molecule has 1 unspecified atom stereocenters. The predicted octanol–water partition coefficient (Wildman–Crippen LogP) is 2.88. The average molecular weight is 196 g/mol. The normalized spacial score (nSPS) is 21.8. The van der Waals surface area contributed by atoms with E-state index in [0.717, 1.165) is 0 Å². The van der Waals surface area contributed by atoms with Crippen LogP contribution in [0.5, 0.6) is 0 Å². The lowest BCUT2D eigenvalue weighted by Gasteiger charge is -2.37. The summed E-state index contributed by atoms with van der Waals surface area (Å²) in [5, 5.41) is 0. The van der Waals surface area contributed by atoms with Gasteiger partial charge in [0, 0.05) is 25.0 Å². The van der Waals surface area contributed by atoms with Crippen molar-refractivity contribution in [3.63, 3.8) is 0 Å². The molecule has 0 saturated carbocycles. The first-order valence-corrected chi connectivity index (χ1v) is 5.79. The largest absolute Gasteiger partial charge is 0.356 e. The molecular weight excluding hydrogens is 172 g/mol. The van der Waals surface area contributed by atoms with Gasteiger partial charge in [0.25, 0.3) is 0 Å². The van der Waals surface area contributed by atoms with Crippen molar-refractivity contribution in [3.05, 3.63) is 12.4 Å². The van der Waals surface area contributed by atoms with Crippen LogP contribution in [0.15, 0.2) is 12.4 Å². The number of hydrogen-bond donors (Lipinski definition) is 0. The molecule has 82 valence electrons. The van der Waals surface area contributed by atoms with Gasteiger partial charge in [0.15, 0.2) is 0 Å². The zero-order valence-electron chi connectivity index (χ0n) is 10.2. The smallest absolute Gasteiger partial charge is 0.103 e. The third-order valence-corrected chi connectivity index (χ3v) is 2.75. The Hall–Kier alpha value is -0.660. The van der Waals surface area contributed by atoms with Crippen molar-refractivity contribution in [2.24, 2.45) is 5.92 Å². The molecule has 1 aliphatic rings. The van der Waals surface area contributed by atoms with E-state index in [1.54, 1.807) is 0 Å². The van der Waals surface area contributed by atoms with Gasteiger partial charge in [0.2, 0.25) is 0 Å². The van der Waals surface area contributed by atoms with E-state index in [1.165, 1.54) is 13.0 Å². The summed E-state index contributed by atoms with van der Waals surface area (Å²) in [5.41, 5.74) is 0. The monoisotopic (exact) mass is 196 g/mol. The molecule has 0 saturated heterocycles. The molecule has 0 fully saturated rings. The van der Waals surface area contributed by atoms with E-state index in [4.69, 9.17) is 0 Å². The minimum Gasteiger partial charge on any atom is -0.356 e. The van der Waals surface area contributed by atoms with Crippen LogP contribution in [0, 0.1) is 5.92 Å². The fraction of sp³-hybridized carbons (Fsp3) is 0.833. The summed E-state index contributed by atoms with van der Waals surface area (Å²) < 4.78 is 0. The van der Waals surface area contributed by atoms with Crippen molar-refractivity contribution >= 4 is 0 Å². The second-order valence-corrected chi connectivity index (χ2v) is 4.73. The van der Waals surface area contributed by atoms with Gasteiger partial charge in [-0.15, -0.1) is 0 Å². The standard InChI is InChI=1S/C12H24N2/c1-6-7-13-8-9-14(11(4)5)12(13)10(2)3/h8-12H,6-7H2,1-5H3. The highest BCUT2D eigenvalue weighted by atomic mass is 15.4. The molecule has 0 bridgehead atoms. The van der Waals surface area contributed by atoms with Gasteiger partial charge in [-0.3, -0.25) is 0 Å². The van der Waals surface area contributed by atoms with Gasteiger partial charge in [-0.25, -0.2) is 0 Å². The Labute approximate surface area is 88.6 Å². The van der Waals surface area contributed by atoms with Gasteiger partial charge < -0.3 is 9.80 Å². The van der Waals surface area contributed by atoms with Crippen LogP contribution >= 0.6 is 0 Å². The molecule has 0 aromatic rings. The van der Waals surface area contributed by atoms with Crippen LogP contribution < -0.4 is 0 Å². The number of hydrogen-bond acceptors (Lipinski definition) is 2. The van der Waals surface area contributed by atoms with Crippen LogP contribution in [0.2, 0.25) is 0 Å². The highest BCUT2D eigenvalue weighted by Gasteiger charge is 2.29. The zero-order valence-corrected chi connectivity index (χ0v) is 10.2. The molecule has 1 heterocycles. The van der Waals surface area contributed by atoms with E-state index in [9.17, 15) is 0 Å². The Morgan fingerprint density at radius 1 is 1.14 bits per heavy atom.